The fraction of sp³-hybridized carbons (Fsp3) is 0.600. The first-order valence-corrected chi connectivity index (χ1v) is 9.08. The molecule has 0 amide bonds. The van der Waals surface area contributed by atoms with E-state index in [2.05, 4.69) is 0 Å². The molecule has 0 spiro atoms. The van der Waals surface area contributed by atoms with E-state index in [0.29, 0.717) is 37.8 Å². The molecular formula is C15H24N2O4S. The van der Waals surface area contributed by atoms with Gasteiger partial charge in [-0.2, -0.15) is 4.31 Å². The Morgan fingerprint density at radius 3 is 2.55 bits per heavy atom. The summed E-state index contributed by atoms with van der Waals surface area (Å²) in [7, 11) is -3.55. The molecule has 1 aliphatic heterocycles. The van der Waals surface area contributed by atoms with E-state index < -0.39 is 10.0 Å². The molecule has 0 radical (unpaired) electrons. The second kappa shape index (κ2) is 7.30. The van der Waals surface area contributed by atoms with Crippen molar-refractivity contribution in [3.63, 3.8) is 0 Å². The van der Waals surface area contributed by atoms with Crippen molar-refractivity contribution in [3.05, 3.63) is 18.2 Å². The Hall–Kier alpha value is -1.31. The summed E-state index contributed by atoms with van der Waals surface area (Å²) < 4.78 is 37.9. The average Bonchev–Trinajstić information content (AvgIpc) is 2.49. The number of sulfonamides is 1. The Labute approximate surface area is 132 Å². The summed E-state index contributed by atoms with van der Waals surface area (Å²) in [6.45, 7) is 5.52. The van der Waals surface area contributed by atoms with E-state index in [9.17, 15) is 8.42 Å². The number of nitrogens with zero attached hydrogens (tertiary/aromatic N) is 1. The molecule has 0 bridgehead atoms. The first-order valence-electron chi connectivity index (χ1n) is 7.64. The van der Waals surface area contributed by atoms with Gasteiger partial charge in [-0.25, -0.2) is 8.42 Å². The van der Waals surface area contributed by atoms with Gasteiger partial charge in [0.2, 0.25) is 10.0 Å². The summed E-state index contributed by atoms with van der Waals surface area (Å²) in [5, 5.41) is 0. The average molecular weight is 328 g/mol. The highest BCUT2D eigenvalue weighted by Crippen LogP contribution is 2.32. The Morgan fingerprint density at radius 1 is 1.23 bits per heavy atom. The monoisotopic (exact) mass is 328 g/mol. The first kappa shape index (κ1) is 17.1. The molecule has 7 heteroatoms. The van der Waals surface area contributed by atoms with Crippen molar-refractivity contribution in [2.75, 3.05) is 26.3 Å². The van der Waals surface area contributed by atoms with Crippen LogP contribution >= 0.6 is 0 Å². The van der Waals surface area contributed by atoms with Crippen molar-refractivity contribution in [1.29, 1.82) is 0 Å². The van der Waals surface area contributed by atoms with Crippen LogP contribution in [0.25, 0.3) is 0 Å². The Morgan fingerprint density at radius 2 is 1.91 bits per heavy atom. The molecule has 22 heavy (non-hydrogen) atoms. The molecule has 6 nitrogen and oxygen atoms in total. The largest absolute Gasteiger partial charge is 0.490 e. The van der Waals surface area contributed by atoms with Gasteiger partial charge in [-0.1, -0.05) is 0 Å². The van der Waals surface area contributed by atoms with Gasteiger partial charge >= 0.3 is 0 Å². The van der Waals surface area contributed by atoms with Crippen LogP contribution in [0.5, 0.6) is 11.5 Å². The fourth-order valence-corrected chi connectivity index (χ4v) is 4.08. The van der Waals surface area contributed by atoms with Crippen molar-refractivity contribution >= 4 is 10.0 Å². The summed E-state index contributed by atoms with van der Waals surface area (Å²) in [5.74, 6) is 1.00. The molecule has 1 fully saturated rings. The molecule has 2 rings (SSSR count). The van der Waals surface area contributed by atoms with E-state index in [4.69, 9.17) is 15.2 Å². The van der Waals surface area contributed by atoms with Gasteiger partial charge in [-0.3, -0.25) is 0 Å². The maximum atomic E-state index is 12.7. The number of nitrogens with two attached hydrogens (primary N) is 1. The number of rotatable bonds is 6. The van der Waals surface area contributed by atoms with Crippen molar-refractivity contribution in [2.45, 2.75) is 37.6 Å². The Balaban J connectivity index is 2.32. The lowest BCUT2D eigenvalue weighted by molar-refractivity contribution is 0.286. The molecule has 0 aliphatic carbocycles. The lowest BCUT2D eigenvalue weighted by Crippen LogP contribution is -2.45. The number of hydrogen-bond acceptors (Lipinski definition) is 5. The summed E-state index contributed by atoms with van der Waals surface area (Å²) in [6.07, 6.45) is 1.65. The van der Waals surface area contributed by atoms with Gasteiger partial charge in [-0.05, 0) is 38.8 Å². The molecule has 124 valence electrons. The van der Waals surface area contributed by atoms with E-state index in [-0.39, 0.29) is 10.9 Å². The van der Waals surface area contributed by atoms with Crippen LogP contribution < -0.4 is 15.2 Å². The molecular weight excluding hydrogens is 304 g/mol. The van der Waals surface area contributed by atoms with Gasteiger partial charge in [0.05, 0.1) is 18.1 Å². The van der Waals surface area contributed by atoms with Crippen LogP contribution in [-0.2, 0) is 10.0 Å². The third kappa shape index (κ3) is 3.71. The molecule has 1 heterocycles. The van der Waals surface area contributed by atoms with Crippen molar-refractivity contribution in [2.24, 2.45) is 5.73 Å². The summed E-state index contributed by atoms with van der Waals surface area (Å²) in [4.78, 5) is 0.216. The SMILES string of the molecule is CCOc1ccc(S(=O)(=O)N2CCCC(N)C2)cc1OCC. The van der Waals surface area contributed by atoms with E-state index >= 15 is 0 Å². The lowest BCUT2D eigenvalue weighted by Gasteiger charge is -2.30. The second-order valence-corrected chi connectivity index (χ2v) is 7.18. The number of benzene rings is 1. The van der Waals surface area contributed by atoms with Gasteiger partial charge in [-0.15, -0.1) is 0 Å². The molecule has 2 N–H and O–H groups in total. The predicted octanol–water partition coefficient (Wildman–Crippen LogP) is 1.60. The maximum absolute atomic E-state index is 12.7. The molecule has 1 aromatic carbocycles. The van der Waals surface area contributed by atoms with Crippen LogP contribution in [0.3, 0.4) is 0 Å². The number of hydrogen-bond donors (Lipinski definition) is 1. The molecule has 1 atom stereocenters. The standard InChI is InChI=1S/C15H24N2O4S/c1-3-20-14-8-7-13(10-15(14)21-4-2)22(18,19)17-9-5-6-12(16)11-17/h7-8,10,12H,3-6,9,11,16H2,1-2H3. The highest BCUT2D eigenvalue weighted by molar-refractivity contribution is 7.89. The van der Waals surface area contributed by atoms with E-state index in [1.807, 2.05) is 13.8 Å². The highest BCUT2D eigenvalue weighted by atomic mass is 32.2. The third-order valence-corrected chi connectivity index (χ3v) is 5.43. The molecule has 1 aliphatic rings. The van der Waals surface area contributed by atoms with Gasteiger partial charge in [0.15, 0.2) is 11.5 Å². The predicted molar refractivity (Wildman–Crippen MR) is 84.7 cm³/mol. The maximum Gasteiger partial charge on any atom is 0.243 e. The van der Waals surface area contributed by atoms with Gasteiger partial charge in [0.25, 0.3) is 0 Å². The van der Waals surface area contributed by atoms with E-state index in [1.165, 1.54) is 10.4 Å². The molecule has 0 saturated carbocycles. The van der Waals surface area contributed by atoms with Crippen LogP contribution in [0.4, 0.5) is 0 Å². The Kier molecular flexibility index (Phi) is 5.66. The molecule has 1 unspecified atom stereocenters. The zero-order valence-corrected chi connectivity index (χ0v) is 13.9. The minimum Gasteiger partial charge on any atom is -0.490 e. The fourth-order valence-electron chi connectivity index (χ4n) is 2.53. The third-order valence-electron chi connectivity index (χ3n) is 3.57. The summed E-state index contributed by atoms with van der Waals surface area (Å²) in [6, 6.07) is 4.63. The minimum atomic E-state index is -3.55. The number of ether oxygens (including phenoxy) is 2. The van der Waals surface area contributed by atoms with Crippen LogP contribution in [0, 0.1) is 0 Å². The lowest BCUT2D eigenvalue weighted by atomic mass is 10.1. The van der Waals surface area contributed by atoms with E-state index in [0.717, 1.165) is 12.8 Å². The highest BCUT2D eigenvalue weighted by Gasteiger charge is 2.29. The first-order chi connectivity index (χ1) is 10.5. The quantitative estimate of drug-likeness (QED) is 0.857. The molecule has 1 saturated heterocycles. The topological polar surface area (TPSA) is 81.9 Å². The zero-order valence-electron chi connectivity index (χ0n) is 13.1. The molecule has 1 aromatic rings. The summed E-state index contributed by atoms with van der Waals surface area (Å²) >= 11 is 0. The van der Waals surface area contributed by atoms with Crippen molar-refractivity contribution in [3.8, 4) is 11.5 Å². The van der Waals surface area contributed by atoms with Crippen LogP contribution in [-0.4, -0.2) is 45.1 Å². The Bertz CT molecular complexity index is 604. The van der Waals surface area contributed by atoms with Gasteiger partial charge in [0.1, 0.15) is 0 Å². The normalized spacial score (nSPS) is 19.9. The zero-order chi connectivity index (χ0) is 16.2. The van der Waals surface area contributed by atoms with Crippen LogP contribution in [0.1, 0.15) is 26.7 Å². The minimum absolute atomic E-state index is 0.0995. The van der Waals surface area contributed by atoms with Gasteiger partial charge in [0, 0.05) is 25.2 Å². The van der Waals surface area contributed by atoms with Crippen molar-refractivity contribution < 1.29 is 17.9 Å². The molecule has 0 aromatic heterocycles. The van der Waals surface area contributed by atoms with Crippen molar-refractivity contribution in [1.82, 2.24) is 4.31 Å². The number of piperidine rings is 1. The van der Waals surface area contributed by atoms with Gasteiger partial charge < -0.3 is 15.2 Å². The smallest absolute Gasteiger partial charge is 0.243 e. The van der Waals surface area contributed by atoms with Crippen LogP contribution in [0.15, 0.2) is 23.1 Å². The van der Waals surface area contributed by atoms with Crippen LogP contribution in [0.2, 0.25) is 0 Å². The van der Waals surface area contributed by atoms with E-state index in [1.54, 1.807) is 12.1 Å². The summed E-state index contributed by atoms with van der Waals surface area (Å²) in [5.41, 5.74) is 5.89. The second-order valence-electron chi connectivity index (χ2n) is 5.24.